The van der Waals surface area contributed by atoms with E-state index in [0.717, 1.165) is 64.6 Å². The highest BCUT2D eigenvalue weighted by molar-refractivity contribution is 5.68. The van der Waals surface area contributed by atoms with Gasteiger partial charge in [-0.05, 0) is 19.3 Å². The van der Waals surface area contributed by atoms with Gasteiger partial charge < -0.3 is 31.5 Å². The van der Waals surface area contributed by atoms with Crippen molar-refractivity contribution in [1.29, 1.82) is 0 Å². The van der Waals surface area contributed by atoms with Gasteiger partial charge in [0, 0.05) is 50.7 Å². The molecule has 0 aliphatic carbocycles. The molecule has 1 fully saturated rings. The van der Waals surface area contributed by atoms with Crippen LogP contribution in [0, 0.1) is 0 Å². The van der Waals surface area contributed by atoms with Crippen LogP contribution in [0.2, 0.25) is 0 Å². The molecule has 1 saturated heterocycles. The molecule has 0 radical (unpaired) electrons. The summed E-state index contributed by atoms with van der Waals surface area (Å²) < 4.78 is 4.68. The van der Waals surface area contributed by atoms with Gasteiger partial charge in [0.1, 0.15) is 0 Å². The van der Waals surface area contributed by atoms with Crippen molar-refractivity contribution in [2.45, 2.75) is 108 Å². The fourth-order valence-corrected chi connectivity index (χ4v) is 4.38. The number of nitrogens with one attached hydrogen (secondary N) is 3. The molecule has 0 spiro atoms. The monoisotopic (exact) mass is 428 g/mol. The minimum absolute atomic E-state index is 0.0539. The van der Waals surface area contributed by atoms with E-state index in [2.05, 4.69) is 27.6 Å². The molecule has 4 unspecified atom stereocenters. The molecule has 0 aromatic carbocycles. The lowest BCUT2D eigenvalue weighted by atomic mass is 9.90. The zero-order valence-electron chi connectivity index (χ0n) is 19.5. The van der Waals surface area contributed by atoms with Crippen LogP contribution in [-0.2, 0) is 9.53 Å². The normalized spacial score (nSPS) is 23.1. The minimum atomic E-state index is -0.409. The first-order chi connectivity index (χ1) is 14.6. The van der Waals surface area contributed by atoms with Crippen LogP contribution in [0.1, 0.15) is 84.0 Å². The maximum atomic E-state index is 11.2. The average Bonchev–Trinajstić information content (AvgIpc) is 2.94. The summed E-state index contributed by atoms with van der Waals surface area (Å²) in [4.78, 5) is 11.1. The Kier molecular flexibility index (Phi) is 16.3. The third kappa shape index (κ3) is 11.6. The predicted octanol–water partition coefficient (Wildman–Crippen LogP) is 2.07. The average molecular weight is 429 g/mol. The summed E-state index contributed by atoms with van der Waals surface area (Å²) in [6.45, 7) is 5.40. The number of carbonyl (C=O) groups excluding carboxylic acids is 1. The number of hydrogen-bond donors (Lipinski definition) is 5. The molecule has 0 aromatic heterocycles. The fraction of sp³-hybridized carbons (Fsp3) is 0.957. The summed E-state index contributed by atoms with van der Waals surface area (Å²) in [6.07, 6.45) is 12.4. The number of unbranched alkanes of at least 4 members (excludes halogenated alkanes) is 7. The van der Waals surface area contributed by atoms with E-state index in [1.165, 1.54) is 32.8 Å². The van der Waals surface area contributed by atoms with Crippen molar-refractivity contribution < 1.29 is 14.6 Å². The van der Waals surface area contributed by atoms with Crippen LogP contribution >= 0.6 is 0 Å². The molecule has 7 heteroatoms. The Hall–Kier alpha value is -0.730. The highest BCUT2D eigenvalue weighted by atomic mass is 16.5. The lowest BCUT2D eigenvalue weighted by Gasteiger charge is -2.34. The number of aliphatic hydroxyl groups excluding tert-OH is 1. The Bertz CT molecular complexity index is 425. The van der Waals surface area contributed by atoms with Crippen LogP contribution in [0.3, 0.4) is 0 Å². The summed E-state index contributed by atoms with van der Waals surface area (Å²) in [5.74, 6) is -0.119. The first-order valence-corrected chi connectivity index (χ1v) is 12.3. The molecule has 7 nitrogen and oxygen atoms in total. The van der Waals surface area contributed by atoms with E-state index in [1.54, 1.807) is 0 Å². The van der Waals surface area contributed by atoms with E-state index in [-0.39, 0.29) is 24.1 Å². The summed E-state index contributed by atoms with van der Waals surface area (Å²) in [6, 6.07) is 0.428. The minimum Gasteiger partial charge on any atom is -0.469 e. The molecule has 6 N–H and O–H groups in total. The van der Waals surface area contributed by atoms with E-state index in [1.807, 2.05) is 0 Å². The maximum Gasteiger partial charge on any atom is 0.305 e. The molecule has 0 amide bonds. The first kappa shape index (κ1) is 27.3. The number of methoxy groups -OCH3 is 1. The van der Waals surface area contributed by atoms with Gasteiger partial charge >= 0.3 is 5.97 Å². The van der Waals surface area contributed by atoms with Gasteiger partial charge in [-0.1, -0.05) is 58.3 Å². The van der Waals surface area contributed by atoms with Gasteiger partial charge in [0.2, 0.25) is 0 Å². The SMILES string of the molecule is CCCCCCC(NCCN)C1NCCNC(CCCCCCCC(=O)OC)C1O. The van der Waals surface area contributed by atoms with Gasteiger partial charge in [-0.25, -0.2) is 0 Å². The fourth-order valence-electron chi connectivity index (χ4n) is 4.38. The lowest BCUT2D eigenvalue weighted by Crippen LogP contribution is -2.57. The second kappa shape index (κ2) is 17.9. The quantitative estimate of drug-likeness (QED) is 0.178. The molecule has 30 heavy (non-hydrogen) atoms. The third-order valence-corrected chi connectivity index (χ3v) is 6.17. The largest absolute Gasteiger partial charge is 0.469 e. The van der Waals surface area contributed by atoms with Crippen molar-refractivity contribution in [1.82, 2.24) is 16.0 Å². The smallest absolute Gasteiger partial charge is 0.305 e. The van der Waals surface area contributed by atoms with Crippen molar-refractivity contribution in [2.24, 2.45) is 5.73 Å². The topological polar surface area (TPSA) is 109 Å². The molecule has 0 aromatic rings. The second-order valence-electron chi connectivity index (χ2n) is 8.61. The molecule has 4 atom stereocenters. The van der Waals surface area contributed by atoms with Crippen LogP contribution in [0.25, 0.3) is 0 Å². The van der Waals surface area contributed by atoms with Crippen LogP contribution in [0.15, 0.2) is 0 Å². The number of carbonyl (C=O) groups is 1. The van der Waals surface area contributed by atoms with Crippen molar-refractivity contribution >= 4 is 5.97 Å². The summed E-state index contributed by atoms with van der Waals surface area (Å²) in [7, 11) is 1.44. The molecule has 178 valence electrons. The third-order valence-electron chi connectivity index (χ3n) is 6.17. The number of esters is 1. The summed E-state index contributed by atoms with van der Waals surface area (Å²) in [5, 5.41) is 21.9. The molecule has 1 heterocycles. The van der Waals surface area contributed by atoms with Crippen LogP contribution in [0.5, 0.6) is 0 Å². The Balaban J connectivity index is 2.43. The zero-order valence-corrected chi connectivity index (χ0v) is 19.5. The summed E-state index contributed by atoms with van der Waals surface area (Å²) >= 11 is 0. The number of rotatable bonds is 17. The highest BCUT2D eigenvalue weighted by Gasteiger charge is 2.34. The summed E-state index contributed by atoms with van der Waals surface area (Å²) in [5.41, 5.74) is 5.73. The maximum absolute atomic E-state index is 11.2. The van der Waals surface area contributed by atoms with E-state index in [0.29, 0.717) is 13.0 Å². The van der Waals surface area contributed by atoms with Gasteiger partial charge in [0.25, 0.3) is 0 Å². The first-order valence-electron chi connectivity index (χ1n) is 12.3. The van der Waals surface area contributed by atoms with Gasteiger partial charge in [0.15, 0.2) is 0 Å². The van der Waals surface area contributed by atoms with Crippen molar-refractivity contribution in [3.05, 3.63) is 0 Å². The Morgan fingerprint density at radius 3 is 2.53 bits per heavy atom. The zero-order chi connectivity index (χ0) is 22.0. The Morgan fingerprint density at radius 1 is 1.10 bits per heavy atom. The molecular weight excluding hydrogens is 380 g/mol. The molecule has 1 aliphatic heterocycles. The van der Waals surface area contributed by atoms with Crippen molar-refractivity contribution in [3.63, 3.8) is 0 Å². The van der Waals surface area contributed by atoms with Gasteiger partial charge in [0.05, 0.1) is 13.2 Å². The number of hydrogen-bond acceptors (Lipinski definition) is 7. The number of ether oxygens (including phenoxy) is 1. The van der Waals surface area contributed by atoms with E-state index in [4.69, 9.17) is 5.73 Å². The molecule has 1 rings (SSSR count). The molecule has 0 bridgehead atoms. The molecular formula is C23H48N4O3. The molecule has 0 saturated carbocycles. The standard InChI is InChI=1S/C23H48N4O3/c1-3-4-5-9-12-19(25-16-15-24)22-23(29)20(26-17-18-27-22)13-10-7-6-8-11-14-21(28)30-2/h19-20,22-23,25-27,29H,3-18,24H2,1-2H3. The van der Waals surface area contributed by atoms with Gasteiger partial charge in [-0.2, -0.15) is 0 Å². The van der Waals surface area contributed by atoms with Crippen LogP contribution < -0.4 is 21.7 Å². The lowest BCUT2D eigenvalue weighted by molar-refractivity contribution is -0.140. The van der Waals surface area contributed by atoms with Crippen molar-refractivity contribution in [3.8, 4) is 0 Å². The van der Waals surface area contributed by atoms with E-state index < -0.39 is 6.10 Å². The Morgan fingerprint density at radius 2 is 1.80 bits per heavy atom. The van der Waals surface area contributed by atoms with Gasteiger partial charge in [-0.15, -0.1) is 0 Å². The predicted molar refractivity (Wildman–Crippen MR) is 124 cm³/mol. The van der Waals surface area contributed by atoms with Crippen LogP contribution in [0.4, 0.5) is 0 Å². The number of nitrogens with two attached hydrogens (primary N) is 1. The highest BCUT2D eigenvalue weighted by Crippen LogP contribution is 2.18. The van der Waals surface area contributed by atoms with E-state index in [9.17, 15) is 9.90 Å². The van der Waals surface area contributed by atoms with Crippen LogP contribution in [-0.4, -0.2) is 68.6 Å². The molecule has 1 aliphatic rings. The van der Waals surface area contributed by atoms with Crippen molar-refractivity contribution in [2.75, 3.05) is 33.3 Å². The van der Waals surface area contributed by atoms with E-state index >= 15 is 0 Å². The number of aliphatic hydroxyl groups is 1. The Labute approximate surface area is 184 Å². The van der Waals surface area contributed by atoms with Gasteiger partial charge in [-0.3, -0.25) is 4.79 Å². The second-order valence-corrected chi connectivity index (χ2v) is 8.61.